The van der Waals surface area contributed by atoms with Crippen LogP contribution in [-0.4, -0.2) is 22.2 Å². The number of aryl methyl sites for hydroxylation is 2. The molecule has 1 aromatic heterocycles. The topological polar surface area (TPSA) is 46.9 Å². The predicted octanol–water partition coefficient (Wildman–Crippen LogP) is 2.41. The Labute approximate surface area is 118 Å². The number of aromatic nitrogens is 2. The van der Waals surface area contributed by atoms with E-state index in [1.165, 1.54) is 6.08 Å². The Balaban J connectivity index is 2.78. The van der Waals surface area contributed by atoms with Crippen LogP contribution in [0, 0.1) is 19.3 Å². The second kappa shape index (κ2) is 7.65. The minimum absolute atomic E-state index is 0.214. The third-order valence-electron chi connectivity index (χ3n) is 2.60. The average Bonchev–Trinajstić information content (AvgIpc) is 2.66. The Morgan fingerprint density at radius 1 is 1.63 bits per heavy atom. The fourth-order valence-electron chi connectivity index (χ4n) is 1.57. The molecule has 102 valence electrons. The van der Waals surface area contributed by atoms with E-state index < -0.39 is 0 Å². The SMILES string of the molecule is C#CCNC(=O)/C=C/c1c(C)nn(CCCC)c1Cl. The van der Waals surface area contributed by atoms with Gasteiger partial charge in [0.25, 0.3) is 0 Å². The summed E-state index contributed by atoms with van der Waals surface area (Å²) in [5.41, 5.74) is 1.58. The maximum absolute atomic E-state index is 11.4. The van der Waals surface area contributed by atoms with Crippen molar-refractivity contribution >= 4 is 23.6 Å². The standard InChI is InChI=1S/C14H18ClN3O/c1-4-6-10-18-14(15)12(11(3)17-18)7-8-13(19)16-9-5-2/h2,7-8H,4,6,9-10H2,1,3H3,(H,16,19)/b8-7+. The van der Waals surface area contributed by atoms with Crippen LogP contribution in [0.1, 0.15) is 31.0 Å². The molecule has 0 aliphatic carbocycles. The minimum atomic E-state index is -0.241. The summed E-state index contributed by atoms with van der Waals surface area (Å²) in [6, 6.07) is 0. The first-order chi connectivity index (χ1) is 9.10. The highest BCUT2D eigenvalue weighted by Crippen LogP contribution is 2.21. The lowest BCUT2D eigenvalue weighted by molar-refractivity contribution is -0.116. The molecule has 0 unspecified atom stereocenters. The smallest absolute Gasteiger partial charge is 0.244 e. The van der Waals surface area contributed by atoms with Gasteiger partial charge < -0.3 is 5.32 Å². The number of nitrogens with zero attached hydrogens (tertiary/aromatic N) is 2. The lowest BCUT2D eigenvalue weighted by atomic mass is 10.2. The Morgan fingerprint density at radius 2 is 2.37 bits per heavy atom. The third-order valence-corrected chi connectivity index (χ3v) is 3.00. The van der Waals surface area contributed by atoms with Crippen molar-refractivity contribution in [1.29, 1.82) is 0 Å². The molecule has 1 amide bonds. The predicted molar refractivity (Wildman–Crippen MR) is 77.8 cm³/mol. The number of terminal acetylenes is 1. The van der Waals surface area contributed by atoms with Crippen LogP contribution in [0.4, 0.5) is 0 Å². The van der Waals surface area contributed by atoms with Crippen molar-refractivity contribution in [3.05, 3.63) is 22.5 Å². The van der Waals surface area contributed by atoms with E-state index in [0.29, 0.717) is 5.15 Å². The van der Waals surface area contributed by atoms with Crippen LogP contribution in [0.15, 0.2) is 6.08 Å². The van der Waals surface area contributed by atoms with Gasteiger partial charge in [0, 0.05) is 18.2 Å². The molecule has 1 aromatic rings. The van der Waals surface area contributed by atoms with Crippen molar-refractivity contribution in [2.75, 3.05) is 6.54 Å². The minimum Gasteiger partial charge on any atom is -0.342 e. The molecule has 0 saturated heterocycles. The summed E-state index contributed by atoms with van der Waals surface area (Å²) < 4.78 is 1.76. The molecule has 0 spiro atoms. The van der Waals surface area contributed by atoms with Gasteiger partial charge in [-0.05, 0) is 19.4 Å². The summed E-state index contributed by atoms with van der Waals surface area (Å²) in [5.74, 6) is 2.10. The number of hydrogen-bond acceptors (Lipinski definition) is 2. The van der Waals surface area contributed by atoms with E-state index >= 15 is 0 Å². The summed E-state index contributed by atoms with van der Waals surface area (Å²) in [6.07, 6.45) is 10.2. The van der Waals surface area contributed by atoms with Gasteiger partial charge in [-0.3, -0.25) is 9.48 Å². The molecular weight excluding hydrogens is 262 g/mol. The average molecular weight is 280 g/mol. The van der Waals surface area contributed by atoms with E-state index in [9.17, 15) is 4.79 Å². The van der Waals surface area contributed by atoms with E-state index in [1.54, 1.807) is 10.8 Å². The first-order valence-corrected chi connectivity index (χ1v) is 6.60. The van der Waals surface area contributed by atoms with Gasteiger partial charge in [0.1, 0.15) is 5.15 Å². The molecular formula is C14H18ClN3O. The van der Waals surface area contributed by atoms with Crippen LogP contribution in [0.2, 0.25) is 5.15 Å². The van der Waals surface area contributed by atoms with Gasteiger partial charge >= 0.3 is 0 Å². The number of nitrogens with one attached hydrogen (secondary N) is 1. The third kappa shape index (κ3) is 4.46. The number of amides is 1. The van der Waals surface area contributed by atoms with Crippen molar-refractivity contribution in [1.82, 2.24) is 15.1 Å². The molecule has 5 heteroatoms. The van der Waals surface area contributed by atoms with Gasteiger partial charge in [0.2, 0.25) is 5.91 Å². The highest BCUT2D eigenvalue weighted by molar-refractivity contribution is 6.31. The Morgan fingerprint density at radius 3 is 3.00 bits per heavy atom. The van der Waals surface area contributed by atoms with Crippen LogP contribution in [0.25, 0.3) is 6.08 Å². The van der Waals surface area contributed by atoms with Crippen molar-refractivity contribution < 1.29 is 4.79 Å². The molecule has 0 fully saturated rings. The van der Waals surface area contributed by atoms with Gasteiger partial charge in [-0.15, -0.1) is 6.42 Å². The van der Waals surface area contributed by atoms with Crippen molar-refractivity contribution in [2.24, 2.45) is 0 Å². The number of carbonyl (C=O) groups excluding carboxylic acids is 1. The molecule has 1 N–H and O–H groups in total. The normalized spacial score (nSPS) is 10.6. The van der Waals surface area contributed by atoms with Crippen molar-refractivity contribution in [2.45, 2.75) is 33.2 Å². The first-order valence-electron chi connectivity index (χ1n) is 6.22. The summed E-state index contributed by atoms with van der Waals surface area (Å²) in [7, 11) is 0. The van der Waals surface area contributed by atoms with Crippen LogP contribution in [0.3, 0.4) is 0 Å². The molecule has 4 nitrogen and oxygen atoms in total. The monoisotopic (exact) mass is 279 g/mol. The molecule has 0 atom stereocenters. The number of halogens is 1. The fraction of sp³-hybridized carbons (Fsp3) is 0.429. The molecule has 1 rings (SSSR count). The van der Waals surface area contributed by atoms with E-state index in [-0.39, 0.29) is 12.5 Å². The Hall–Kier alpha value is -1.73. The quantitative estimate of drug-likeness (QED) is 0.642. The maximum atomic E-state index is 11.4. The zero-order valence-corrected chi connectivity index (χ0v) is 12.0. The number of hydrogen-bond donors (Lipinski definition) is 1. The molecule has 0 aromatic carbocycles. The van der Waals surface area contributed by atoms with Gasteiger partial charge in [-0.1, -0.05) is 30.9 Å². The Kier molecular flexibility index (Phi) is 6.17. The van der Waals surface area contributed by atoms with Crippen LogP contribution >= 0.6 is 11.6 Å². The molecule has 0 bridgehead atoms. The fourth-order valence-corrected chi connectivity index (χ4v) is 1.89. The number of carbonyl (C=O) groups is 1. The highest BCUT2D eigenvalue weighted by Gasteiger charge is 2.10. The zero-order valence-electron chi connectivity index (χ0n) is 11.2. The van der Waals surface area contributed by atoms with Crippen LogP contribution in [-0.2, 0) is 11.3 Å². The highest BCUT2D eigenvalue weighted by atomic mass is 35.5. The molecule has 1 heterocycles. The summed E-state index contributed by atoms with van der Waals surface area (Å²) in [4.78, 5) is 11.4. The molecule has 19 heavy (non-hydrogen) atoms. The van der Waals surface area contributed by atoms with Gasteiger partial charge in [-0.2, -0.15) is 5.10 Å². The molecule has 0 aliphatic heterocycles. The zero-order chi connectivity index (χ0) is 14.3. The van der Waals surface area contributed by atoms with E-state index in [0.717, 1.165) is 30.6 Å². The first kappa shape index (κ1) is 15.3. The number of rotatable bonds is 6. The van der Waals surface area contributed by atoms with Crippen LogP contribution < -0.4 is 5.32 Å². The van der Waals surface area contributed by atoms with Gasteiger partial charge in [0.15, 0.2) is 0 Å². The second-order valence-electron chi connectivity index (χ2n) is 4.12. The largest absolute Gasteiger partial charge is 0.342 e. The maximum Gasteiger partial charge on any atom is 0.244 e. The van der Waals surface area contributed by atoms with E-state index in [2.05, 4.69) is 23.3 Å². The number of unbranched alkanes of at least 4 members (excludes halogenated alkanes) is 1. The second-order valence-corrected chi connectivity index (χ2v) is 4.48. The Bertz CT molecular complexity index is 511. The van der Waals surface area contributed by atoms with Gasteiger partial charge in [0.05, 0.1) is 12.2 Å². The van der Waals surface area contributed by atoms with E-state index in [4.69, 9.17) is 18.0 Å². The molecule has 0 radical (unpaired) electrons. The summed E-state index contributed by atoms with van der Waals surface area (Å²) in [5, 5.41) is 7.47. The van der Waals surface area contributed by atoms with Crippen molar-refractivity contribution in [3.63, 3.8) is 0 Å². The van der Waals surface area contributed by atoms with E-state index in [1.807, 2.05) is 6.92 Å². The van der Waals surface area contributed by atoms with Crippen molar-refractivity contribution in [3.8, 4) is 12.3 Å². The molecule has 0 saturated carbocycles. The lowest BCUT2D eigenvalue weighted by Crippen LogP contribution is -2.20. The summed E-state index contributed by atoms with van der Waals surface area (Å²) in [6.45, 7) is 4.98. The van der Waals surface area contributed by atoms with Crippen LogP contribution in [0.5, 0.6) is 0 Å². The van der Waals surface area contributed by atoms with Gasteiger partial charge in [-0.25, -0.2) is 0 Å². The molecule has 0 aliphatic rings. The summed E-state index contributed by atoms with van der Waals surface area (Å²) >= 11 is 6.24. The lowest BCUT2D eigenvalue weighted by Gasteiger charge is -2.00.